The van der Waals surface area contributed by atoms with Crippen LogP contribution in [0.1, 0.15) is 66.8 Å². The van der Waals surface area contributed by atoms with Crippen LogP contribution in [-0.2, 0) is 48.8 Å². The first-order valence-corrected chi connectivity index (χ1v) is 23.7. The number of rotatable bonds is 26. The van der Waals surface area contributed by atoms with E-state index >= 15 is 0 Å². The standard InChI is InChI=1S/C38H33N2O5P.C14H30N2O4/c41-25-39-21-38(42)40-27-19-17-26(18-20-27)22-43-46(44-23-36-32-13-5-1-9-28(32)29-10-2-6-14-33(29)36)45-24-37-34-15-7-3-11-30(34)31-12-4-8-16-35(31)37;1-12(2)13(3)16-14(17)4-6-18-8-10-20-11-9-19-7-5-15/h1-20,25,36-37H,21-24H2,(H,39,41)(H,40,42);12-13H,4-11,15H2,1-3H3,(H,16,17). The molecule has 0 fully saturated rings. The molecule has 3 amide bonds. The number of carbonyl (C=O) groups is 3. The lowest BCUT2D eigenvalue weighted by Crippen LogP contribution is -2.36. The molecule has 2 aliphatic carbocycles. The van der Waals surface area contributed by atoms with Crippen molar-refractivity contribution in [3.8, 4) is 22.3 Å². The molecular formula is C52H63N4O9P. The lowest BCUT2D eigenvalue weighted by molar-refractivity contribution is -0.123. The molecule has 0 spiro atoms. The van der Waals surface area contributed by atoms with Crippen LogP contribution in [0.4, 0.5) is 5.69 Å². The number of nitrogens with two attached hydrogens (primary N) is 1. The summed E-state index contributed by atoms with van der Waals surface area (Å²) >= 11 is 0. The number of nitrogens with one attached hydrogen (secondary N) is 3. The second-order valence-electron chi connectivity index (χ2n) is 16.3. The molecule has 0 aliphatic heterocycles. The van der Waals surface area contributed by atoms with Crippen LogP contribution in [0.25, 0.3) is 22.3 Å². The molecule has 0 bridgehead atoms. The van der Waals surface area contributed by atoms with Gasteiger partial charge in [0.1, 0.15) is 0 Å². The molecule has 0 heterocycles. The molecule has 7 rings (SSSR count). The fraction of sp³-hybridized carbons (Fsp3) is 0.365. The number of hydrogen-bond acceptors (Lipinski definition) is 10. The summed E-state index contributed by atoms with van der Waals surface area (Å²) in [6, 6.07) is 41.6. The molecule has 0 saturated heterocycles. The van der Waals surface area contributed by atoms with E-state index in [-0.39, 0.29) is 42.8 Å². The van der Waals surface area contributed by atoms with Crippen molar-refractivity contribution in [1.29, 1.82) is 0 Å². The summed E-state index contributed by atoms with van der Waals surface area (Å²) in [4.78, 5) is 34.0. The van der Waals surface area contributed by atoms with E-state index in [4.69, 9.17) is 33.5 Å². The van der Waals surface area contributed by atoms with Gasteiger partial charge in [0.25, 0.3) is 0 Å². The summed E-state index contributed by atoms with van der Waals surface area (Å²) in [6.45, 7) is 10.8. The molecule has 66 heavy (non-hydrogen) atoms. The lowest BCUT2D eigenvalue weighted by atomic mass is 9.98. The minimum atomic E-state index is -1.71. The van der Waals surface area contributed by atoms with Crippen molar-refractivity contribution in [1.82, 2.24) is 10.6 Å². The highest BCUT2D eigenvalue weighted by Gasteiger charge is 2.32. The van der Waals surface area contributed by atoms with Crippen LogP contribution in [0.2, 0.25) is 0 Å². The minimum Gasteiger partial charge on any atom is -0.379 e. The average Bonchev–Trinajstić information content (AvgIpc) is 3.84. The Labute approximate surface area is 390 Å². The monoisotopic (exact) mass is 918 g/mol. The summed E-state index contributed by atoms with van der Waals surface area (Å²) in [7, 11) is -1.71. The van der Waals surface area contributed by atoms with Crippen LogP contribution in [-0.4, -0.2) is 90.2 Å². The quantitative estimate of drug-likeness (QED) is 0.0241. The molecule has 0 radical (unpaired) electrons. The van der Waals surface area contributed by atoms with Gasteiger partial charge in [0.05, 0.1) is 66.0 Å². The Morgan fingerprint density at radius 1 is 0.606 bits per heavy atom. The molecular weight excluding hydrogens is 856 g/mol. The Balaban J connectivity index is 0.000000306. The van der Waals surface area contributed by atoms with Gasteiger partial charge in [0, 0.05) is 36.5 Å². The molecule has 5 N–H and O–H groups in total. The van der Waals surface area contributed by atoms with Crippen LogP contribution in [0, 0.1) is 5.92 Å². The summed E-state index contributed by atoms with van der Waals surface area (Å²) < 4.78 is 35.2. The normalized spacial score (nSPS) is 13.0. The van der Waals surface area contributed by atoms with E-state index in [0.29, 0.717) is 83.8 Å². The maximum atomic E-state index is 12.0. The van der Waals surface area contributed by atoms with Crippen LogP contribution in [0.15, 0.2) is 121 Å². The molecule has 1 unspecified atom stereocenters. The fourth-order valence-electron chi connectivity index (χ4n) is 7.70. The van der Waals surface area contributed by atoms with Gasteiger partial charge in [-0.1, -0.05) is 123 Å². The lowest BCUT2D eigenvalue weighted by Gasteiger charge is -2.22. The van der Waals surface area contributed by atoms with E-state index in [2.05, 4.69) is 127 Å². The SMILES string of the molecule is CC(C)C(C)NC(=O)CCOCCOCCOCCN.O=CNCC(=O)Nc1ccc(COP(OCC2c3ccccc3-c3ccccc32)OCC2c3ccccc3-c3ccccc32)cc1. The van der Waals surface area contributed by atoms with Gasteiger partial charge < -0.3 is 49.5 Å². The van der Waals surface area contributed by atoms with E-state index in [1.807, 2.05) is 19.1 Å². The zero-order chi connectivity index (χ0) is 46.5. The van der Waals surface area contributed by atoms with Crippen molar-refractivity contribution in [3.63, 3.8) is 0 Å². The van der Waals surface area contributed by atoms with Gasteiger partial charge in [-0.05, 0) is 75.0 Å². The van der Waals surface area contributed by atoms with Crippen molar-refractivity contribution in [2.45, 2.75) is 51.7 Å². The number of amides is 3. The van der Waals surface area contributed by atoms with E-state index in [1.54, 1.807) is 12.1 Å². The van der Waals surface area contributed by atoms with E-state index in [1.165, 1.54) is 44.5 Å². The number of anilines is 1. The number of fused-ring (bicyclic) bond motifs is 6. The van der Waals surface area contributed by atoms with E-state index < -0.39 is 8.60 Å². The number of ether oxygens (including phenoxy) is 3. The second-order valence-corrected chi connectivity index (χ2v) is 17.5. The van der Waals surface area contributed by atoms with Gasteiger partial charge in [0.15, 0.2) is 0 Å². The van der Waals surface area contributed by atoms with Gasteiger partial charge >= 0.3 is 8.60 Å². The molecule has 350 valence electrons. The molecule has 2 aliphatic rings. The summed E-state index contributed by atoms with van der Waals surface area (Å²) in [5.74, 6) is 0.326. The Morgan fingerprint density at radius 3 is 1.52 bits per heavy atom. The first-order valence-electron chi connectivity index (χ1n) is 22.6. The summed E-state index contributed by atoms with van der Waals surface area (Å²) in [5.41, 5.74) is 16.8. The largest absolute Gasteiger partial charge is 0.379 e. The first kappa shape index (κ1) is 50.1. The molecule has 0 saturated carbocycles. The number of benzene rings is 5. The third-order valence-corrected chi connectivity index (χ3v) is 12.5. The predicted octanol–water partition coefficient (Wildman–Crippen LogP) is 8.32. The summed E-state index contributed by atoms with van der Waals surface area (Å²) in [5, 5.41) is 8.05. The molecule has 5 aromatic carbocycles. The third kappa shape index (κ3) is 14.6. The topological polar surface area (TPSA) is 169 Å². The van der Waals surface area contributed by atoms with Crippen molar-refractivity contribution >= 4 is 32.5 Å². The maximum absolute atomic E-state index is 12.0. The Morgan fingerprint density at radius 2 is 1.06 bits per heavy atom. The Bertz CT molecular complexity index is 2100. The van der Waals surface area contributed by atoms with Crippen molar-refractivity contribution in [3.05, 3.63) is 149 Å². The highest BCUT2D eigenvalue weighted by molar-refractivity contribution is 7.41. The van der Waals surface area contributed by atoms with Gasteiger partial charge in [-0.25, -0.2) is 0 Å². The van der Waals surface area contributed by atoms with Gasteiger partial charge in [-0.3, -0.25) is 14.4 Å². The highest BCUT2D eigenvalue weighted by Crippen LogP contribution is 2.51. The second kappa shape index (κ2) is 26.7. The zero-order valence-electron chi connectivity index (χ0n) is 38.1. The van der Waals surface area contributed by atoms with E-state index in [0.717, 1.165) is 5.56 Å². The van der Waals surface area contributed by atoms with E-state index in [9.17, 15) is 14.4 Å². The number of carbonyl (C=O) groups excluding carboxylic acids is 3. The molecule has 5 aromatic rings. The molecule has 1 atom stereocenters. The molecule has 14 heteroatoms. The van der Waals surface area contributed by atoms with Crippen molar-refractivity contribution in [2.24, 2.45) is 11.7 Å². The van der Waals surface area contributed by atoms with Crippen LogP contribution >= 0.6 is 8.60 Å². The first-order chi connectivity index (χ1) is 32.3. The fourth-order valence-corrected chi connectivity index (χ4v) is 8.71. The van der Waals surface area contributed by atoms with Crippen LogP contribution in [0.5, 0.6) is 0 Å². The van der Waals surface area contributed by atoms with Gasteiger partial charge in [-0.15, -0.1) is 0 Å². The van der Waals surface area contributed by atoms with Crippen LogP contribution < -0.4 is 21.7 Å². The number of hydrogen-bond donors (Lipinski definition) is 4. The maximum Gasteiger partial charge on any atom is 0.333 e. The smallest absolute Gasteiger partial charge is 0.333 e. The summed E-state index contributed by atoms with van der Waals surface area (Å²) in [6.07, 6.45) is 0.882. The van der Waals surface area contributed by atoms with Crippen molar-refractivity contribution in [2.75, 3.05) is 71.3 Å². The Kier molecular flexibility index (Phi) is 20.3. The average molecular weight is 919 g/mol. The molecule has 13 nitrogen and oxygen atoms in total. The van der Waals surface area contributed by atoms with Gasteiger partial charge in [0.2, 0.25) is 18.2 Å². The van der Waals surface area contributed by atoms with Crippen molar-refractivity contribution < 1.29 is 42.2 Å². The van der Waals surface area contributed by atoms with Crippen LogP contribution in [0.3, 0.4) is 0 Å². The zero-order valence-corrected chi connectivity index (χ0v) is 39.0. The molecule has 0 aromatic heterocycles. The predicted molar refractivity (Wildman–Crippen MR) is 259 cm³/mol. The minimum absolute atomic E-state index is 0.0299. The Hall–Kier alpha value is -5.34. The van der Waals surface area contributed by atoms with Gasteiger partial charge in [-0.2, -0.15) is 0 Å². The highest BCUT2D eigenvalue weighted by atomic mass is 31.2. The third-order valence-electron chi connectivity index (χ3n) is 11.4.